The maximum atomic E-state index is 12.0. The normalized spacial score (nSPS) is 24.3. The highest BCUT2D eigenvalue weighted by Gasteiger charge is 2.24. The highest BCUT2D eigenvalue weighted by molar-refractivity contribution is 5.76. The lowest BCUT2D eigenvalue weighted by Crippen LogP contribution is -2.48. The van der Waals surface area contributed by atoms with Crippen molar-refractivity contribution < 1.29 is 4.79 Å². The number of carbonyl (C=O) groups excluding carboxylic acids is 1. The molecule has 1 saturated heterocycles. The van der Waals surface area contributed by atoms with Gasteiger partial charge in [0.05, 0.1) is 0 Å². The quantitative estimate of drug-likeness (QED) is 0.710. The average Bonchev–Trinajstić information content (AvgIpc) is 2.32. The molecule has 0 aromatic carbocycles. The summed E-state index contributed by atoms with van der Waals surface area (Å²) < 4.78 is 0. The molecule has 0 aliphatic carbocycles. The van der Waals surface area contributed by atoms with Gasteiger partial charge in [0.1, 0.15) is 0 Å². The molecule has 2 N–H and O–H groups in total. The van der Waals surface area contributed by atoms with E-state index in [1.165, 1.54) is 32.1 Å². The molecule has 1 aliphatic heterocycles. The molecule has 0 aromatic rings. The van der Waals surface area contributed by atoms with Crippen LogP contribution in [0, 0.1) is 5.92 Å². The van der Waals surface area contributed by atoms with Crippen molar-refractivity contribution in [1.29, 1.82) is 0 Å². The summed E-state index contributed by atoms with van der Waals surface area (Å²) in [7, 11) is 0. The molecule has 2 unspecified atom stereocenters. The summed E-state index contributed by atoms with van der Waals surface area (Å²) in [6.07, 6.45) is 9.21. The summed E-state index contributed by atoms with van der Waals surface area (Å²) in [4.78, 5) is 14.0. The van der Waals surface area contributed by atoms with Gasteiger partial charge in [-0.1, -0.05) is 46.0 Å². The Hall–Kier alpha value is -0.570. The fraction of sp³-hybridized carbons (Fsp3) is 0.933. The maximum absolute atomic E-state index is 12.0. The van der Waals surface area contributed by atoms with Crippen molar-refractivity contribution in [2.45, 2.75) is 71.3 Å². The fourth-order valence-corrected chi connectivity index (χ4v) is 2.82. The van der Waals surface area contributed by atoms with Gasteiger partial charge in [0, 0.05) is 25.6 Å². The summed E-state index contributed by atoms with van der Waals surface area (Å²) >= 11 is 0. The molecule has 3 heteroatoms. The molecule has 2 atom stereocenters. The molecule has 0 spiro atoms. The number of likely N-dealkylation sites (tertiary alicyclic amines) is 1. The van der Waals surface area contributed by atoms with Gasteiger partial charge in [0.2, 0.25) is 5.91 Å². The second-order valence-electron chi connectivity index (χ2n) is 5.92. The first-order chi connectivity index (χ1) is 8.63. The van der Waals surface area contributed by atoms with E-state index in [0.29, 0.717) is 18.2 Å². The highest BCUT2D eigenvalue weighted by Crippen LogP contribution is 2.17. The first-order valence-corrected chi connectivity index (χ1v) is 7.66. The minimum absolute atomic E-state index is 0.183. The van der Waals surface area contributed by atoms with Crippen molar-refractivity contribution in [3.8, 4) is 0 Å². The zero-order valence-corrected chi connectivity index (χ0v) is 12.2. The molecule has 3 nitrogen and oxygen atoms in total. The SMILES string of the molecule is CCCCCCCCC(=O)N1CC(C)CC(N)C1. The van der Waals surface area contributed by atoms with Crippen LogP contribution >= 0.6 is 0 Å². The second-order valence-corrected chi connectivity index (χ2v) is 5.92. The molecular formula is C15H30N2O. The third kappa shape index (κ3) is 5.85. The Balaban J connectivity index is 2.12. The van der Waals surface area contributed by atoms with Crippen molar-refractivity contribution >= 4 is 5.91 Å². The lowest BCUT2D eigenvalue weighted by Gasteiger charge is -2.34. The Morgan fingerprint density at radius 2 is 1.83 bits per heavy atom. The van der Waals surface area contributed by atoms with Gasteiger partial charge in [0.25, 0.3) is 0 Å². The first kappa shape index (κ1) is 15.5. The predicted octanol–water partition coefficient (Wildman–Crippen LogP) is 2.93. The van der Waals surface area contributed by atoms with Crippen molar-refractivity contribution in [2.24, 2.45) is 11.7 Å². The van der Waals surface area contributed by atoms with Crippen LogP contribution in [0.1, 0.15) is 65.2 Å². The number of nitrogens with two attached hydrogens (primary N) is 1. The monoisotopic (exact) mass is 254 g/mol. The minimum Gasteiger partial charge on any atom is -0.341 e. The molecule has 1 heterocycles. The van der Waals surface area contributed by atoms with Crippen LogP contribution in [0.2, 0.25) is 0 Å². The molecule has 0 aromatic heterocycles. The molecule has 1 rings (SSSR count). The largest absolute Gasteiger partial charge is 0.341 e. The topological polar surface area (TPSA) is 46.3 Å². The van der Waals surface area contributed by atoms with E-state index in [2.05, 4.69) is 13.8 Å². The molecule has 106 valence electrons. The molecule has 0 bridgehead atoms. The lowest BCUT2D eigenvalue weighted by molar-refractivity contribution is -0.133. The second kappa shape index (κ2) is 8.52. The molecule has 0 radical (unpaired) electrons. The number of rotatable bonds is 7. The number of unbranched alkanes of at least 4 members (excludes halogenated alkanes) is 5. The predicted molar refractivity (Wildman–Crippen MR) is 76.3 cm³/mol. The van der Waals surface area contributed by atoms with E-state index in [9.17, 15) is 4.79 Å². The number of amides is 1. The molecular weight excluding hydrogens is 224 g/mol. The Morgan fingerprint density at radius 1 is 1.17 bits per heavy atom. The van der Waals surface area contributed by atoms with Gasteiger partial charge in [-0.05, 0) is 18.8 Å². The standard InChI is InChI=1S/C15H30N2O/c1-3-4-5-6-7-8-9-15(18)17-11-13(2)10-14(16)12-17/h13-14H,3-12,16H2,1-2H3. The molecule has 1 aliphatic rings. The van der Waals surface area contributed by atoms with E-state index in [4.69, 9.17) is 5.73 Å². The van der Waals surface area contributed by atoms with Crippen LogP contribution in [0.5, 0.6) is 0 Å². The van der Waals surface area contributed by atoms with Crippen LogP contribution in [-0.4, -0.2) is 29.9 Å². The number of hydrogen-bond donors (Lipinski definition) is 1. The van der Waals surface area contributed by atoms with Crippen molar-refractivity contribution in [3.05, 3.63) is 0 Å². The Bertz CT molecular complexity index is 233. The minimum atomic E-state index is 0.183. The van der Waals surface area contributed by atoms with Crippen molar-refractivity contribution in [1.82, 2.24) is 4.90 Å². The van der Waals surface area contributed by atoms with Gasteiger partial charge >= 0.3 is 0 Å². The molecule has 1 amide bonds. The van der Waals surface area contributed by atoms with E-state index in [0.717, 1.165) is 25.9 Å². The van der Waals surface area contributed by atoms with Crippen LogP contribution in [0.25, 0.3) is 0 Å². The van der Waals surface area contributed by atoms with Gasteiger partial charge in [-0.3, -0.25) is 4.79 Å². The molecule has 18 heavy (non-hydrogen) atoms. The van der Waals surface area contributed by atoms with Gasteiger partial charge in [-0.2, -0.15) is 0 Å². The third-order valence-corrected chi connectivity index (χ3v) is 3.79. The first-order valence-electron chi connectivity index (χ1n) is 7.66. The number of hydrogen-bond acceptors (Lipinski definition) is 2. The van der Waals surface area contributed by atoms with Gasteiger partial charge in [-0.25, -0.2) is 0 Å². The number of carbonyl (C=O) groups is 1. The van der Waals surface area contributed by atoms with Gasteiger partial charge in [0.15, 0.2) is 0 Å². The summed E-state index contributed by atoms with van der Waals surface area (Å²) in [6, 6.07) is 0.183. The Kier molecular flexibility index (Phi) is 7.33. The zero-order chi connectivity index (χ0) is 13.4. The Morgan fingerprint density at radius 3 is 2.50 bits per heavy atom. The molecule has 0 saturated carbocycles. The van der Waals surface area contributed by atoms with E-state index in [1.807, 2.05) is 4.90 Å². The van der Waals surface area contributed by atoms with Crippen LogP contribution in [0.4, 0.5) is 0 Å². The number of piperidine rings is 1. The summed E-state index contributed by atoms with van der Waals surface area (Å²) in [5.74, 6) is 0.870. The van der Waals surface area contributed by atoms with Crippen LogP contribution < -0.4 is 5.73 Å². The summed E-state index contributed by atoms with van der Waals surface area (Å²) in [5, 5.41) is 0. The van der Waals surface area contributed by atoms with Gasteiger partial charge < -0.3 is 10.6 Å². The Labute approximate surface area is 112 Å². The van der Waals surface area contributed by atoms with Gasteiger partial charge in [-0.15, -0.1) is 0 Å². The zero-order valence-electron chi connectivity index (χ0n) is 12.2. The average molecular weight is 254 g/mol. The van der Waals surface area contributed by atoms with E-state index >= 15 is 0 Å². The van der Waals surface area contributed by atoms with Crippen LogP contribution in [0.3, 0.4) is 0 Å². The lowest BCUT2D eigenvalue weighted by atomic mass is 9.96. The van der Waals surface area contributed by atoms with E-state index < -0.39 is 0 Å². The summed E-state index contributed by atoms with van der Waals surface area (Å²) in [5.41, 5.74) is 5.97. The fourth-order valence-electron chi connectivity index (χ4n) is 2.82. The van der Waals surface area contributed by atoms with Crippen LogP contribution in [-0.2, 0) is 4.79 Å². The van der Waals surface area contributed by atoms with E-state index in [-0.39, 0.29) is 6.04 Å². The summed E-state index contributed by atoms with van der Waals surface area (Å²) in [6.45, 7) is 6.08. The van der Waals surface area contributed by atoms with E-state index in [1.54, 1.807) is 0 Å². The van der Waals surface area contributed by atoms with Crippen LogP contribution in [0.15, 0.2) is 0 Å². The van der Waals surface area contributed by atoms with Crippen molar-refractivity contribution in [3.63, 3.8) is 0 Å². The number of nitrogens with zero attached hydrogens (tertiary/aromatic N) is 1. The highest BCUT2D eigenvalue weighted by atomic mass is 16.2. The third-order valence-electron chi connectivity index (χ3n) is 3.79. The molecule has 1 fully saturated rings. The smallest absolute Gasteiger partial charge is 0.222 e. The van der Waals surface area contributed by atoms with Crippen molar-refractivity contribution in [2.75, 3.05) is 13.1 Å². The maximum Gasteiger partial charge on any atom is 0.222 e.